The van der Waals surface area contributed by atoms with Crippen molar-refractivity contribution in [1.29, 1.82) is 5.26 Å². The van der Waals surface area contributed by atoms with Crippen LogP contribution < -0.4 is 4.74 Å². The minimum atomic E-state index is -0.339. The topological polar surface area (TPSA) is 65.9 Å². The van der Waals surface area contributed by atoms with E-state index in [4.69, 9.17) is 16.3 Å². The van der Waals surface area contributed by atoms with Gasteiger partial charge in [0, 0.05) is 27.7 Å². The lowest BCUT2D eigenvalue weighted by atomic mass is 10.0. The van der Waals surface area contributed by atoms with Gasteiger partial charge >= 0.3 is 0 Å². The number of ketones is 1. The quantitative estimate of drug-likeness (QED) is 0.429. The van der Waals surface area contributed by atoms with E-state index in [9.17, 15) is 10.1 Å². The Morgan fingerprint density at radius 1 is 1.29 bits per heavy atom. The number of halogens is 1. The highest BCUT2D eigenvalue weighted by Gasteiger charge is 2.16. The van der Waals surface area contributed by atoms with Gasteiger partial charge in [-0.15, -0.1) is 0 Å². The van der Waals surface area contributed by atoms with E-state index in [1.54, 1.807) is 55.8 Å². The molecule has 0 fully saturated rings. The molecule has 4 nitrogen and oxygen atoms in total. The number of rotatable bonds is 4. The van der Waals surface area contributed by atoms with Crippen molar-refractivity contribution < 1.29 is 9.53 Å². The van der Waals surface area contributed by atoms with Gasteiger partial charge < -0.3 is 9.72 Å². The van der Waals surface area contributed by atoms with Gasteiger partial charge in [-0.05, 0) is 35.9 Å². The molecule has 1 N–H and O–H groups in total. The zero-order chi connectivity index (χ0) is 17.1. The summed E-state index contributed by atoms with van der Waals surface area (Å²) in [5, 5.41) is 10.7. The van der Waals surface area contributed by atoms with Gasteiger partial charge in [-0.1, -0.05) is 29.8 Å². The zero-order valence-electron chi connectivity index (χ0n) is 12.8. The highest BCUT2D eigenvalue weighted by atomic mass is 35.5. The molecule has 3 aromatic rings. The minimum Gasteiger partial charge on any atom is -0.497 e. The number of allylic oxidation sites excluding steroid dienone is 1. The maximum Gasteiger partial charge on any atom is 0.205 e. The fourth-order valence-electron chi connectivity index (χ4n) is 2.48. The SMILES string of the molecule is COc1cccc(C=C(C#N)C(=O)c2c[nH]c3cc(Cl)ccc23)c1. The first kappa shape index (κ1) is 15.9. The Balaban J connectivity index is 2.02. The third kappa shape index (κ3) is 3.03. The molecular weight excluding hydrogens is 324 g/mol. The van der Waals surface area contributed by atoms with Gasteiger partial charge in [0.15, 0.2) is 0 Å². The standard InChI is InChI=1S/C19H13ClN2O2/c1-24-15-4-2-3-12(8-15)7-13(10-21)19(23)17-11-22-18-9-14(20)5-6-16(17)18/h2-9,11,22H,1H3. The molecule has 0 radical (unpaired) electrons. The second kappa shape index (κ2) is 6.61. The molecule has 1 heterocycles. The van der Waals surface area contributed by atoms with Crippen LogP contribution in [0.3, 0.4) is 0 Å². The van der Waals surface area contributed by atoms with E-state index in [1.807, 2.05) is 12.1 Å². The highest BCUT2D eigenvalue weighted by Crippen LogP contribution is 2.25. The number of carbonyl (C=O) groups excluding carboxylic acids is 1. The first-order valence-electron chi connectivity index (χ1n) is 7.19. The van der Waals surface area contributed by atoms with E-state index in [1.165, 1.54) is 0 Å². The number of ether oxygens (including phenoxy) is 1. The van der Waals surface area contributed by atoms with E-state index in [2.05, 4.69) is 4.98 Å². The Hall–Kier alpha value is -3.03. The average molecular weight is 337 g/mol. The number of carbonyl (C=O) groups is 1. The number of methoxy groups -OCH3 is 1. The number of fused-ring (bicyclic) bond motifs is 1. The molecular formula is C19H13ClN2O2. The van der Waals surface area contributed by atoms with Crippen LogP contribution in [-0.2, 0) is 0 Å². The molecule has 0 amide bonds. The zero-order valence-corrected chi connectivity index (χ0v) is 13.6. The summed E-state index contributed by atoms with van der Waals surface area (Å²) < 4.78 is 5.16. The Kier molecular flexibility index (Phi) is 4.37. The summed E-state index contributed by atoms with van der Waals surface area (Å²) in [5.74, 6) is 0.323. The average Bonchev–Trinajstić information content (AvgIpc) is 3.02. The normalized spacial score (nSPS) is 11.3. The number of hydrogen-bond donors (Lipinski definition) is 1. The molecule has 0 unspecified atom stereocenters. The van der Waals surface area contributed by atoms with Gasteiger partial charge in [0.25, 0.3) is 0 Å². The van der Waals surface area contributed by atoms with Crippen LogP contribution in [0.5, 0.6) is 5.75 Å². The molecule has 118 valence electrons. The second-order valence-corrected chi connectivity index (χ2v) is 5.60. The van der Waals surface area contributed by atoms with Crippen molar-refractivity contribution in [3.63, 3.8) is 0 Å². The van der Waals surface area contributed by atoms with Crippen molar-refractivity contribution >= 4 is 34.4 Å². The van der Waals surface area contributed by atoms with Crippen molar-refractivity contribution in [2.75, 3.05) is 7.11 Å². The van der Waals surface area contributed by atoms with Crippen LogP contribution in [0.15, 0.2) is 54.2 Å². The monoisotopic (exact) mass is 336 g/mol. The van der Waals surface area contributed by atoms with Gasteiger partial charge in [0.2, 0.25) is 5.78 Å². The van der Waals surface area contributed by atoms with Crippen molar-refractivity contribution in [3.8, 4) is 11.8 Å². The molecule has 0 atom stereocenters. The first-order chi connectivity index (χ1) is 11.6. The van der Waals surface area contributed by atoms with Crippen LogP contribution in [0, 0.1) is 11.3 Å². The number of nitrogens with one attached hydrogen (secondary N) is 1. The highest BCUT2D eigenvalue weighted by molar-refractivity contribution is 6.31. The molecule has 5 heteroatoms. The summed E-state index contributed by atoms with van der Waals surface area (Å²) in [5.41, 5.74) is 1.98. The van der Waals surface area contributed by atoms with Gasteiger partial charge in [0.05, 0.1) is 7.11 Å². The summed E-state index contributed by atoms with van der Waals surface area (Å²) in [6.45, 7) is 0. The van der Waals surface area contributed by atoms with Gasteiger partial charge in [-0.2, -0.15) is 5.26 Å². The second-order valence-electron chi connectivity index (χ2n) is 5.17. The number of aromatic nitrogens is 1. The van der Waals surface area contributed by atoms with Crippen LogP contribution in [0.1, 0.15) is 15.9 Å². The van der Waals surface area contributed by atoms with Gasteiger partial charge in [-0.25, -0.2) is 0 Å². The predicted octanol–water partition coefficient (Wildman–Crippen LogP) is 4.62. The number of nitrogens with zero attached hydrogens (tertiary/aromatic N) is 1. The lowest BCUT2D eigenvalue weighted by Crippen LogP contribution is -2.01. The number of benzene rings is 2. The summed E-state index contributed by atoms with van der Waals surface area (Å²) >= 11 is 5.95. The van der Waals surface area contributed by atoms with Crippen molar-refractivity contribution in [2.24, 2.45) is 0 Å². The third-order valence-corrected chi connectivity index (χ3v) is 3.89. The molecule has 0 bridgehead atoms. The van der Waals surface area contributed by atoms with Crippen molar-refractivity contribution in [2.45, 2.75) is 0 Å². The predicted molar refractivity (Wildman–Crippen MR) is 94.2 cm³/mol. The smallest absolute Gasteiger partial charge is 0.205 e. The van der Waals surface area contributed by atoms with Gasteiger partial charge in [0.1, 0.15) is 17.4 Å². The summed E-state index contributed by atoms with van der Waals surface area (Å²) in [4.78, 5) is 15.7. The minimum absolute atomic E-state index is 0.0547. The molecule has 0 aliphatic heterocycles. The summed E-state index contributed by atoms with van der Waals surface area (Å²) in [6.07, 6.45) is 3.15. The Bertz CT molecular complexity index is 996. The molecule has 1 aromatic heterocycles. The Morgan fingerprint density at radius 3 is 2.88 bits per heavy atom. The van der Waals surface area contributed by atoms with E-state index in [0.29, 0.717) is 16.3 Å². The number of hydrogen-bond acceptors (Lipinski definition) is 3. The van der Waals surface area contributed by atoms with E-state index in [0.717, 1.165) is 16.5 Å². The van der Waals surface area contributed by atoms with Crippen molar-refractivity contribution in [3.05, 3.63) is 70.4 Å². The fraction of sp³-hybridized carbons (Fsp3) is 0.0526. The van der Waals surface area contributed by atoms with Crippen LogP contribution in [0.2, 0.25) is 5.02 Å². The summed E-state index contributed by atoms with van der Waals surface area (Å²) in [7, 11) is 1.57. The lowest BCUT2D eigenvalue weighted by Gasteiger charge is -2.02. The number of H-pyrrole nitrogens is 1. The van der Waals surface area contributed by atoms with Crippen LogP contribution in [-0.4, -0.2) is 17.9 Å². The van der Waals surface area contributed by atoms with Crippen LogP contribution >= 0.6 is 11.6 Å². The molecule has 0 spiro atoms. The Labute approximate surface area is 143 Å². The molecule has 0 saturated heterocycles. The number of Topliss-reactive ketones (excluding diaryl/α,β-unsaturated/α-hetero) is 1. The van der Waals surface area contributed by atoms with E-state index in [-0.39, 0.29) is 11.4 Å². The van der Waals surface area contributed by atoms with Crippen LogP contribution in [0.25, 0.3) is 17.0 Å². The van der Waals surface area contributed by atoms with E-state index >= 15 is 0 Å². The maximum absolute atomic E-state index is 12.7. The molecule has 2 aromatic carbocycles. The molecule has 0 saturated carbocycles. The third-order valence-electron chi connectivity index (χ3n) is 3.66. The largest absolute Gasteiger partial charge is 0.497 e. The summed E-state index contributed by atoms with van der Waals surface area (Å²) in [6, 6.07) is 14.4. The lowest BCUT2D eigenvalue weighted by molar-refractivity contribution is 0.104. The molecule has 0 aliphatic rings. The number of aromatic amines is 1. The Morgan fingerprint density at radius 2 is 2.12 bits per heavy atom. The first-order valence-corrected chi connectivity index (χ1v) is 7.57. The van der Waals surface area contributed by atoms with Gasteiger partial charge in [-0.3, -0.25) is 4.79 Å². The van der Waals surface area contributed by atoms with Crippen LogP contribution in [0.4, 0.5) is 0 Å². The van der Waals surface area contributed by atoms with E-state index < -0.39 is 0 Å². The molecule has 24 heavy (non-hydrogen) atoms. The molecule has 3 rings (SSSR count). The number of nitriles is 1. The van der Waals surface area contributed by atoms with Crippen molar-refractivity contribution in [1.82, 2.24) is 4.98 Å². The molecule has 0 aliphatic carbocycles. The maximum atomic E-state index is 12.7. The fourth-order valence-corrected chi connectivity index (χ4v) is 2.65.